The lowest BCUT2D eigenvalue weighted by Gasteiger charge is -2.37. The zero-order valence-electron chi connectivity index (χ0n) is 15.2. The number of carboxylic acids is 1. The van der Waals surface area contributed by atoms with E-state index in [1.54, 1.807) is 12.1 Å². The molecule has 142 valence electrons. The molecule has 0 spiro atoms. The number of ether oxygens (including phenoxy) is 2. The second-order valence-corrected chi connectivity index (χ2v) is 7.55. The number of amides is 1. The van der Waals surface area contributed by atoms with Crippen molar-refractivity contribution in [2.24, 2.45) is 5.41 Å². The van der Waals surface area contributed by atoms with Gasteiger partial charge in [-0.1, -0.05) is 26.2 Å². The summed E-state index contributed by atoms with van der Waals surface area (Å²) >= 11 is 0. The Morgan fingerprint density at radius 3 is 2.54 bits per heavy atom. The van der Waals surface area contributed by atoms with Crippen molar-refractivity contribution in [3.63, 3.8) is 0 Å². The van der Waals surface area contributed by atoms with E-state index in [2.05, 4.69) is 12.2 Å². The highest BCUT2D eigenvalue weighted by Crippen LogP contribution is 2.36. The summed E-state index contributed by atoms with van der Waals surface area (Å²) in [5.74, 6) is -0.282. The fourth-order valence-corrected chi connectivity index (χ4v) is 3.75. The van der Waals surface area contributed by atoms with Crippen LogP contribution in [0.3, 0.4) is 0 Å². The topological polar surface area (TPSA) is 84.9 Å². The molecular formula is C20H27NO5. The van der Waals surface area contributed by atoms with Gasteiger partial charge >= 0.3 is 5.97 Å². The molecule has 1 aromatic carbocycles. The van der Waals surface area contributed by atoms with Gasteiger partial charge in [-0.05, 0) is 43.5 Å². The molecule has 1 saturated carbocycles. The second kappa shape index (κ2) is 8.08. The molecule has 1 aromatic rings. The number of carbonyl (C=O) groups excluding carboxylic acids is 1. The Bertz CT molecular complexity index is 636. The summed E-state index contributed by atoms with van der Waals surface area (Å²) in [6, 6.07) is 6.20. The Morgan fingerprint density at radius 2 is 1.88 bits per heavy atom. The van der Waals surface area contributed by atoms with E-state index in [0.717, 1.165) is 25.7 Å². The third kappa shape index (κ3) is 4.36. The van der Waals surface area contributed by atoms with E-state index in [0.29, 0.717) is 25.4 Å². The fraction of sp³-hybridized carbons (Fsp3) is 0.600. The van der Waals surface area contributed by atoms with Gasteiger partial charge in [0, 0.05) is 12.0 Å². The van der Waals surface area contributed by atoms with Crippen molar-refractivity contribution in [1.82, 2.24) is 5.32 Å². The van der Waals surface area contributed by atoms with Crippen molar-refractivity contribution in [2.75, 3.05) is 13.2 Å². The van der Waals surface area contributed by atoms with Crippen molar-refractivity contribution in [2.45, 2.75) is 57.6 Å². The van der Waals surface area contributed by atoms with Gasteiger partial charge in [0.15, 0.2) is 0 Å². The molecule has 2 atom stereocenters. The van der Waals surface area contributed by atoms with Gasteiger partial charge < -0.3 is 19.9 Å². The average Bonchev–Trinajstić information content (AvgIpc) is 2.64. The number of carboxylic acid groups (broad SMARTS) is 1. The third-order valence-electron chi connectivity index (χ3n) is 5.51. The fourth-order valence-electron chi connectivity index (χ4n) is 3.75. The lowest BCUT2D eigenvalue weighted by atomic mass is 9.75. The van der Waals surface area contributed by atoms with E-state index in [-0.39, 0.29) is 29.0 Å². The van der Waals surface area contributed by atoms with Crippen molar-refractivity contribution in [3.8, 4) is 5.75 Å². The van der Waals surface area contributed by atoms with Crippen LogP contribution >= 0.6 is 0 Å². The van der Waals surface area contributed by atoms with Crippen LogP contribution in [0.15, 0.2) is 24.3 Å². The molecule has 1 saturated heterocycles. The summed E-state index contributed by atoms with van der Waals surface area (Å²) in [5.41, 5.74) is -0.0723. The Balaban J connectivity index is 1.63. The number of rotatable bonds is 5. The van der Waals surface area contributed by atoms with Crippen molar-refractivity contribution in [1.29, 1.82) is 0 Å². The van der Waals surface area contributed by atoms with Crippen molar-refractivity contribution >= 4 is 11.9 Å². The molecule has 6 heteroatoms. The molecule has 2 N–H and O–H groups in total. The predicted molar refractivity (Wildman–Crippen MR) is 96.4 cm³/mol. The summed E-state index contributed by atoms with van der Waals surface area (Å²) in [6.45, 7) is 3.06. The van der Waals surface area contributed by atoms with E-state index in [4.69, 9.17) is 14.6 Å². The molecule has 26 heavy (non-hydrogen) atoms. The number of benzene rings is 1. The molecular weight excluding hydrogens is 334 g/mol. The van der Waals surface area contributed by atoms with Gasteiger partial charge in [0.2, 0.25) is 5.91 Å². The van der Waals surface area contributed by atoms with Crippen LogP contribution < -0.4 is 10.1 Å². The predicted octanol–water partition coefficient (Wildman–Crippen LogP) is 3.01. The Kier molecular flexibility index (Phi) is 5.81. The van der Waals surface area contributed by atoms with E-state index in [1.165, 1.54) is 18.6 Å². The highest BCUT2D eigenvalue weighted by molar-refractivity contribution is 5.87. The first-order valence-corrected chi connectivity index (χ1v) is 9.37. The number of nitrogens with one attached hydrogen (secondary N) is 1. The van der Waals surface area contributed by atoms with E-state index in [9.17, 15) is 9.59 Å². The molecule has 3 rings (SSSR count). The molecule has 2 aliphatic rings. The van der Waals surface area contributed by atoms with Gasteiger partial charge in [-0.3, -0.25) is 4.79 Å². The molecule has 0 bridgehead atoms. The van der Waals surface area contributed by atoms with Gasteiger partial charge in [-0.15, -0.1) is 0 Å². The van der Waals surface area contributed by atoms with Gasteiger partial charge in [0.05, 0.1) is 18.2 Å². The average molecular weight is 361 g/mol. The molecule has 1 aliphatic carbocycles. The largest absolute Gasteiger partial charge is 0.486 e. The molecule has 1 amide bonds. The summed E-state index contributed by atoms with van der Waals surface area (Å²) in [5, 5.41) is 12.2. The lowest BCUT2D eigenvalue weighted by Crippen LogP contribution is -2.54. The first-order valence-electron chi connectivity index (χ1n) is 9.37. The molecule has 2 fully saturated rings. The van der Waals surface area contributed by atoms with Gasteiger partial charge in [0.1, 0.15) is 11.9 Å². The number of carbonyl (C=O) groups is 2. The minimum Gasteiger partial charge on any atom is -0.486 e. The zero-order chi connectivity index (χ0) is 18.6. The maximum absolute atomic E-state index is 12.8. The summed E-state index contributed by atoms with van der Waals surface area (Å²) in [7, 11) is 0. The summed E-state index contributed by atoms with van der Waals surface area (Å²) < 4.78 is 11.5. The van der Waals surface area contributed by atoms with Crippen molar-refractivity contribution in [3.05, 3.63) is 29.8 Å². The van der Waals surface area contributed by atoms with Crippen LogP contribution in [0.5, 0.6) is 5.75 Å². The number of hydrogen-bond acceptors (Lipinski definition) is 4. The van der Waals surface area contributed by atoms with E-state index < -0.39 is 5.97 Å². The highest BCUT2D eigenvalue weighted by Gasteiger charge is 2.38. The van der Waals surface area contributed by atoms with Crippen molar-refractivity contribution < 1.29 is 24.2 Å². The van der Waals surface area contributed by atoms with E-state index >= 15 is 0 Å². The zero-order valence-corrected chi connectivity index (χ0v) is 15.2. The molecule has 6 nitrogen and oxygen atoms in total. The number of aromatic carboxylic acids is 1. The highest BCUT2D eigenvalue weighted by atomic mass is 16.5. The van der Waals surface area contributed by atoms with Gasteiger partial charge in [-0.2, -0.15) is 0 Å². The first kappa shape index (κ1) is 18.7. The molecule has 0 radical (unpaired) electrons. The minimum atomic E-state index is -0.969. The van der Waals surface area contributed by atoms with E-state index in [1.807, 2.05) is 0 Å². The monoisotopic (exact) mass is 361 g/mol. The maximum atomic E-state index is 12.8. The number of hydrogen-bond donors (Lipinski definition) is 2. The van der Waals surface area contributed by atoms with Gasteiger partial charge in [-0.25, -0.2) is 4.79 Å². The molecule has 1 aliphatic heterocycles. The molecule has 0 aromatic heterocycles. The standard InChI is InChI=1S/C20H27NO5/c1-20(10-3-2-4-11-20)19(24)21-16-9-12-25-13-17(16)26-15-7-5-14(6-8-15)18(22)23/h5-8,16-17H,2-4,9-13H2,1H3,(H,21,24)(H,22,23)/t16-,17-/m1/s1. The van der Waals surface area contributed by atoms with Crippen LogP contribution in [0.4, 0.5) is 0 Å². The van der Waals surface area contributed by atoms with Crippen LogP contribution in [0.1, 0.15) is 55.8 Å². The van der Waals surface area contributed by atoms with Crippen LogP contribution in [0, 0.1) is 5.41 Å². The quantitative estimate of drug-likeness (QED) is 0.842. The maximum Gasteiger partial charge on any atom is 0.335 e. The summed E-state index contributed by atoms with van der Waals surface area (Å²) in [4.78, 5) is 23.8. The van der Waals surface area contributed by atoms with Crippen LogP contribution in [-0.4, -0.2) is 42.3 Å². The van der Waals surface area contributed by atoms with Crippen LogP contribution in [0.25, 0.3) is 0 Å². The first-order chi connectivity index (χ1) is 12.5. The lowest BCUT2D eigenvalue weighted by molar-refractivity contribution is -0.134. The SMILES string of the molecule is CC1(C(=O)N[C@@H]2CCOC[C@H]2Oc2ccc(C(=O)O)cc2)CCCCC1. The smallest absolute Gasteiger partial charge is 0.335 e. The molecule has 0 unspecified atom stereocenters. The Labute approximate surface area is 153 Å². The summed E-state index contributed by atoms with van der Waals surface area (Å²) in [6.07, 6.45) is 5.71. The normalized spacial score (nSPS) is 25.3. The van der Waals surface area contributed by atoms with Crippen LogP contribution in [-0.2, 0) is 9.53 Å². The minimum absolute atomic E-state index is 0.103. The van der Waals surface area contributed by atoms with Crippen LogP contribution in [0.2, 0.25) is 0 Å². The second-order valence-electron chi connectivity index (χ2n) is 7.55. The Morgan fingerprint density at radius 1 is 1.19 bits per heavy atom. The van der Waals surface area contributed by atoms with Gasteiger partial charge in [0.25, 0.3) is 0 Å². The molecule has 1 heterocycles. The third-order valence-corrected chi connectivity index (χ3v) is 5.51. The Hall–Kier alpha value is -2.08.